The van der Waals surface area contributed by atoms with Gasteiger partial charge in [-0.25, -0.2) is 4.39 Å². The van der Waals surface area contributed by atoms with Crippen LogP contribution in [0.4, 0.5) is 10.1 Å². The zero-order valence-electron chi connectivity index (χ0n) is 14.4. The van der Waals surface area contributed by atoms with E-state index in [9.17, 15) is 9.18 Å². The van der Waals surface area contributed by atoms with Gasteiger partial charge in [-0.3, -0.25) is 4.79 Å². The first-order chi connectivity index (χ1) is 12.6. The van der Waals surface area contributed by atoms with Gasteiger partial charge in [0, 0.05) is 30.1 Å². The van der Waals surface area contributed by atoms with E-state index in [4.69, 9.17) is 4.52 Å². The largest absolute Gasteiger partial charge is 0.334 e. The summed E-state index contributed by atoms with van der Waals surface area (Å²) in [5.74, 6) is 0.488. The van der Waals surface area contributed by atoms with Crippen molar-refractivity contribution in [2.24, 2.45) is 0 Å². The molecule has 0 saturated carbocycles. The number of hydrogen-bond donors (Lipinski definition) is 0. The molecule has 0 unspecified atom stereocenters. The minimum absolute atomic E-state index is 0.0275. The fourth-order valence-electron chi connectivity index (χ4n) is 3.15. The molecule has 0 aliphatic carbocycles. The summed E-state index contributed by atoms with van der Waals surface area (Å²) in [6.07, 6.45) is 1.28. The third-order valence-electron chi connectivity index (χ3n) is 4.68. The van der Waals surface area contributed by atoms with Crippen LogP contribution in [0.5, 0.6) is 0 Å². The normalized spacial score (nSPS) is 17.1. The highest BCUT2D eigenvalue weighted by Crippen LogP contribution is 2.31. The van der Waals surface area contributed by atoms with Gasteiger partial charge < -0.3 is 9.42 Å². The van der Waals surface area contributed by atoms with Crippen LogP contribution in [-0.2, 0) is 11.2 Å². The average molecular weight is 351 g/mol. The standard InChI is InChI=1S/C20H18FN3O2/c1-2-13-3-5-14(6-4-13)20-22-19(23-26-20)15-11-18(25)24(12-15)17-9-7-16(21)8-10-17/h3-10,15H,2,11-12H2,1H3/t15-/m1/s1. The molecule has 5 nitrogen and oxygen atoms in total. The Labute approximate surface area is 150 Å². The molecule has 1 aliphatic heterocycles. The second-order valence-electron chi connectivity index (χ2n) is 6.39. The van der Waals surface area contributed by atoms with Crippen molar-refractivity contribution in [2.45, 2.75) is 25.7 Å². The molecule has 1 atom stereocenters. The Kier molecular flexibility index (Phi) is 4.24. The van der Waals surface area contributed by atoms with Crippen LogP contribution in [-0.4, -0.2) is 22.6 Å². The second-order valence-corrected chi connectivity index (χ2v) is 6.39. The summed E-state index contributed by atoms with van der Waals surface area (Å²) in [6.45, 7) is 2.56. The lowest BCUT2D eigenvalue weighted by atomic mass is 10.1. The predicted molar refractivity (Wildman–Crippen MR) is 95.2 cm³/mol. The molecule has 132 valence electrons. The van der Waals surface area contributed by atoms with Gasteiger partial charge in [-0.2, -0.15) is 4.98 Å². The summed E-state index contributed by atoms with van der Waals surface area (Å²) in [7, 11) is 0. The highest BCUT2D eigenvalue weighted by molar-refractivity contribution is 5.96. The van der Waals surface area contributed by atoms with Crippen molar-refractivity contribution in [3.05, 3.63) is 65.7 Å². The Morgan fingerprint density at radius 3 is 2.58 bits per heavy atom. The van der Waals surface area contributed by atoms with Crippen LogP contribution in [0.3, 0.4) is 0 Å². The highest BCUT2D eigenvalue weighted by atomic mass is 19.1. The maximum absolute atomic E-state index is 13.1. The molecular formula is C20H18FN3O2. The lowest BCUT2D eigenvalue weighted by Crippen LogP contribution is -2.24. The number of rotatable bonds is 4. The van der Waals surface area contributed by atoms with Gasteiger partial charge in [-0.15, -0.1) is 0 Å². The third kappa shape index (κ3) is 3.10. The maximum atomic E-state index is 13.1. The monoisotopic (exact) mass is 351 g/mol. The molecule has 1 amide bonds. The van der Waals surface area contributed by atoms with Crippen molar-refractivity contribution in [3.8, 4) is 11.5 Å². The van der Waals surface area contributed by atoms with Crippen LogP contribution in [0.25, 0.3) is 11.5 Å². The molecule has 3 aromatic rings. The van der Waals surface area contributed by atoms with E-state index in [0.717, 1.165) is 12.0 Å². The van der Waals surface area contributed by atoms with Crippen molar-refractivity contribution < 1.29 is 13.7 Å². The Hall–Kier alpha value is -3.02. The van der Waals surface area contributed by atoms with E-state index in [1.54, 1.807) is 17.0 Å². The van der Waals surface area contributed by atoms with Gasteiger partial charge in [0.1, 0.15) is 5.82 Å². The van der Waals surface area contributed by atoms with Crippen molar-refractivity contribution in [3.63, 3.8) is 0 Å². The number of benzene rings is 2. The zero-order valence-corrected chi connectivity index (χ0v) is 14.4. The Bertz CT molecular complexity index is 919. The van der Waals surface area contributed by atoms with Gasteiger partial charge >= 0.3 is 0 Å². The highest BCUT2D eigenvalue weighted by Gasteiger charge is 2.34. The van der Waals surface area contributed by atoms with Crippen molar-refractivity contribution in [2.75, 3.05) is 11.4 Å². The predicted octanol–water partition coefficient (Wildman–Crippen LogP) is 3.96. The van der Waals surface area contributed by atoms with Crippen LogP contribution < -0.4 is 4.90 Å². The molecule has 6 heteroatoms. The minimum atomic E-state index is -0.325. The summed E-state index contributed by atoms with van der Waals surface area (Å²) in [6, 6.07) is 13.9. The Morgan fingerprint density at radius 2 is 1.88 bits per heavy atom. The molecule has 1 fully saturated rings. The summed E-state index contributed by atoms with van der Waals surface area (Å²) in [5.41, 5.74) is 2.78. The van der Waals surface area contributed by atoms with Gasteiger partial charge in [-0.05, 0) is 48.4 Å². The van der Waals surface area contributed by atoms with Crippen LogP contribution in [0.2, 0.25) is 0 Å². The molecule has 0 radical (unpaired) electrons. The molecule has 1 aromatic heterocycles. The molecular weight excluding hydrogens is 333 g/mol. The number of anilines is 1. The zero-order chi connectivity index (χ0) is 18.1. The fraction of sp³-hybridized carbons (Fsp3) is 0.250. The second kappa shape index (κ2) is 6.71. The van der Waals surface area contributed by atoms with E-state index in [1.807, 2.05) is 24.3 Å². The minimum Gasteiger partial charge on any atom is -0.334 e. The number of aryl methyl sites for hydroxylation is 1. The smallest absolute Gasteiger partial charge is 0.257 e. The number of carbonyl (C=O) groups is 1. The first-order valence-corrected chi connectivity index (χ1v) is 8.63. The van der Waals surface area contributed by atoms with Gasteiger partial charge in [0.25, 0.3) is 5.89 Å². The van der Waals surface area contributed by atoms with Crippen LogP contribution >= 0.6 is 0 Å². The fourth-order valence-corrected chi connectivity index (χ4v) is 3.15. The quantitative estimate of drug-likeness (QED) is 0.714. The third-order valence-corrected chi connectivity index (χ3v) is 4.68. The summed E-state index contributed by atoms with van der Waals surface area (Å²) >= 11 is 0. The van der Waals surface area contributed by atoms with Crippen LogP contribution in [0.1, 0.15) is 30.7 Å². The van der Waals surface area contributed by atoms with Gasteiger partial charge in [0.15, 0.2) is 5.82 Å². The lowest BCUT2D eigenvalue weighted by Gasteiger charge is -2.15. The van der Waals surface area contributed by atoms with Crippen molar-refractivity contribution in [1.82, 2.24) is 10.1 Å². The van der Waals surface area contributed by atoms with Gasteiger partial charge in [-0.1, -0.05) is 24.2 Å². The van der Waals surface area contributed by atoms with E-state index < -0.39 is 0 Å². The molecule has 0 spiro atoms. The van der Waals surface area contributed by atoms with Crippen LogP contribution in [0.15, 0.2) is 53.1 Å². The Morgan fingerprint density at radius 1 is 1.15 bits per heavy atom. The SMILES string of the molecule is CCc1ccc(-c2nc([C@@H]3CC(=O)N(c4ccc(F)cc4)C3)no2)cc1. The molecule has 1 saturated heterocycles. The van der Waals surface area contributed by atoms with Crippen molar-refractivity contribution >= 4 is 11.6 Å². The summed E-state index contributed by atoms with van der Waals surface area (Å²) < 4.78 is 18.5. The lowest BCUT2D eigenvalue weighted by molar-refractivity contribution is -0.117. The van der Waals surface area contributed by atoms with Gasteiger partial charge in [0.05, 0.1) is 0 Å². The topological polar surface area (TPSA) is 59.2 Å². The summed E-state index contributed by atoms with van der Waals surface area (Å²) in [5, 5.41) is 4.07. The summed E-state index contributed by atoms with van der Waals surface area (Å²) in [4.78, 5) is 18.4. The number of hydrogen-bond acceptors (Lipinski definition) is 4. The number of carbonyl (C=O) groups excluding carboxylic acids is 1. The molecule has 4 rings (SSSR count). The van der Waals surface area contributed by atoms with E-state index >= 15 is 0 Å². The van der Waals surface area contributed by atoms with E-state index in [-0.39, 0.29) is 17.6 Å². The average Bonchev–Trinajstić information content (AvgIpc) is 3.29. The van der Waals surface area contributed by atoms with Gasteiger partial charge in [0.2, 0.25) is 5.91 Å². The van der Waals surface area contributed by atoms with Crippen molar-refractivity contribution in [1.29, 1.82) is 0 Å². The first kappa shape index (κ1) is 16.4. The Balaban J connectivity index is 1.52. The van der Waals surface area contributed by atoms with E-state index in [0.29, 0.717) is 30.4 Å². The van der Waals surface area contributed by atoms with E-state index in [1.165, 1.54) is 17.7 Å². The number of nitrogens with zero attached hydrogens (tertiary/aromatic N) is 3. The molecule has 2 heterocycles. The van der Waals surface area contributed by atoms with E-state index in [2.05, 4.69) is 17.1 Å². The molecule has 0 bridgehead atoms. The number of aromatic nitrogens is 2. The molecule has 1 aliphatic rings. The molecule has 0 N–H and O–H groups in total. The molecule has 26 heavy (non-hydrogen) atoms. The maximum Gasteiger partial charge on any atom is 0.257 e. The first-order valence-electron chi connectivity index (χ1n) is 8.63. The number of amides is 1. The molecule has 2 aromatic carbocycles. The van der Waals surface area contributed by atoms with Crippen LogP contribution in [0, 0.1) is 5.82 Å². The number of halogens is 1.